The van der Waals surface area contributed by atoms with Gasteiger partial charge < -0.3 is 11.1 Å². The summed E-state index contributed by atoms with van der Waals surface area (Å²) >= 11 is 0. The predicted octanol–water partition coefficient (Wildman–Crippen LogP) is 2.53. The van der Waals surface area contributed by atoms with E-state index < -0.39 is 5.82 Å². The molecule has 3 N–H and O–H groups in total. The highest BCUT2D eigenvalue weighted by Crippen LogP contribution is 2.17. The van der Waals surface area contributed by atoms with Gasteiger partial charge in [0.1, 0.15) is 5.82 Å². The van der Waals surface area contributed by atoms with Crippen LogP contribution in [-0.2, 0) is 4.79 Å². The minimum absolute atomic E-state index is 0.0989. The Hall–Kier alpha value is -1.42. The molecule has 4 heteroatoms. The van der Waals surface area contributed by atoms with Gasteiger partial charge in [-0.15, -0.1) is 0 Å². The van der Waals surface area contributed by atoms with Gasteiger partial charge >= 0.3 is 0 Å². The van der Waals surface area contributed by atoms with Crippen LogP contribution in [0, 0.1) is 11.7 Å². The standard InChI is InChI=1S/C13H19FN2O/c1-2-10(6-5-9-15)13(17)16-12-8-4-3-7-11(12)14/h3-4,7-8,10H,2,5-6,9,15H2,1H3,(H,16,17). The zero-order valence-corrected chi connectivity index (χ0v) is 10.1. The van der Waals surface area contributed by atoms with Crippen LogP contribution in [0.15, 0.2) is 24.3 Å². The summed E-state index contributed by atoms with van der Waals surface area (Å²) in [5, 5.41) is 2.62. The zero-order chi connectivity index (χ0) is 12.7. The maximum atomic E-state index is 13.3. The summed E-state index contributed by atoms with van der Waals surface area (Å²) in [5.41, 5.74) is 5.66. The van der Waals surface area contributed by atoms with Crippen LogP contribution >= 0.6 is 0 Å². The van der Waals surface area contributed by atoms with Gasteiger partial charge in [-0.05, 0) is 37.9 Å². The number of carbonyl (C=O) groups is 1. The highest BCUT2D eigenvalue weighted by atomic mass is 19.1. The monoisotopic (exact) mass is 238 g/mol. The number of benzene rings is 1. The zero-order valence-electron chi connectivity index (χ0n) is 10.1. The number of rotatable bonds is 6. The highest BCUT2D eigenvalue weighted by Gasteiger charge is 2.16. The lowest BCUT2D eigenvalue weighted by Crippen LogP contribution is -2.23. The Bertz CT molecular complexity index is 368. The van der Waals surface area contributed by atoms with E-state index in [1.54, 1.807) is 18.2 Å². The number of halogens is 1. The van der Waals surface area contributed by atoms with Gasteiger partial charge in [0.25, 0.3) is 0 Å². The Kier molecular flexibility index (Phi) is 5.63. The van der Waals surface area contributed by atoms with E-state index in [1.165, 1.54) is 6.07 Å². The predicted molar refractivity (Wildman–Crippen MR) is 67.1 cm³/mol. The first-order valence-electron chi connectivity index (χ1n) is 5.94. The number of hydrogen-bond donors (Lipinski definition) is 2. The number of hydrogen-bond acceptors (Lipinski definition) is 2. The van der Waals surface area contributed by atoms with E-state index in [0.29, 0.717) is 6.54 Å². The molecule has 0 fully saturated rings. The van der Waals surface area contributed by atoms with Crippen LogP contribution in [0.25, 0.3) is 0 Å². The Balaban J connectivity index is 2.61. The van der Waals surface area contributed by atoms with E-state index in [9.17, 15) is 9.18 Å². The number of anilines is 1. The summed E-state index contributed by atoms with van der Waals surface area (Å²) < 4.78 is 13.3. The van der Waals surface area contributed by atoms with Gasteiger partial charge in [-0.3, -0.25) is 4.79 Å². The fourth-order valence-corrected chi connectivity index (χ4v) is 1.68. The lowest BCUT2D eigenvalue weighted by atomic mass is 9.99. The molecular formula is C13H19FN2O. The van der Waals surface area contributed by atoms with Crippen LogP contribution in [-0.4, -0.2) is 12.5 Å². The summed E-state index contributed by atoms with van der Waals surface area (Å²) in [6.45, 7) is 2.52. The fourth-order valence-electron chi connectivity index (χ4n) is 1.68. The molecule has 0 aliphatic carbocycles. The van der Waals surface area contributed by atoms with Crippen molar-refractivity contribution in [2.75, 3.05) is 11.9 Å². The van der Waals surface area contributed by atoms with Crippen LogP contribution in [0.5, 0.6) is 0 Å². The van der Waals surface area contributed by atoms with Gasteiger partial charge in [0, 0.05) is 5.92 Å². The number of nitrogens with two attached hydrogens (primary N) is 1. The molecule has 3 nitrogen and oxygen atoms in total. The summed E-state index contributed by atoms with van der Waals surface area (Å²) in [6, 6.07) is 6.18. The average Bonchev–Trinajstić information content (AvgIpc) is 2.33. The molecule has 0 saturated carbocycles. The molecule has 0 aromatic heterocycles. The molecule has 0 saturated heterocycles. The molecule has 1 unspecified atom stereocenters. The lowest BCUT2D eigenvalue weighted by Gasteiger charge is -2.14. The van der Waals surface area contributed by atoms with Crippen LogP contribution in [0.2, 0.25) is 0 Å². The van der Waals surface area contributed by atoms with E-state index in [-0.39, 0.29) is 17.5 Å². The van der Waals surface area contributed by atoms with Gasteiger partial charge in [0.05, 0.1) is 5.69 Å². The van der Waals surface area contributed by atoms with Crippen molar-refractivity contribution in [3.05, 3.63) is 30.1 Å². The third kappa shape index (κ3) is 4.15. The molecule has 0 spiro atoms. The number of para-hydroxylation sites is 1. The topological polar surface area (TPSA) is 55.1 Å². The molecule has 0 aliphatic rings. The second-order valence-electron chi connectivity index (χ2n) is 4.01. The molecule has 94 valence electrons. The molecule has 0 radical (unpaired) electrons. The Labute approximate surface area is 101 Å². The molecule has 1 rings (SSSR count). The number of carbonyl (C=O) groups excluding carboxylic acids is 1. The third-order valence-electron chi connectivity index (χ3n) is 2.75. The summed E-state index contributed by atoms with van der Waals surface area (Å²) in [4.78, 5) is 11.9. The minimum atomic E-state index is -0.408. The van der Waals surface area contributed by atoms with Crippen molar-refractivity contribution in [3.63, 3.8) is 0 Å². The number of amides is 1. The first-order chi connectivity index (χ1) is 8.19. The molecular weight excluding hydrogens is 219 g/mol. The number of nitrogens with one attached hydrogen (secondary N) is 1. The van der Waals surface area contributed by atoms with Crippen molar-refractivity contribution in [2.24, 2.45) is 11.7 Å². The van der Waals surface area contributed by atoms with Crippen LogP contribution in [0.4, 0.5) is 10.1 Å². The first-order valence-corrected chi connectivity index (χ1v) is 5.94. The van der Waals surface area contributed by atoms with Gasteiger partial charge in [-0.2, -0.15) is 0 Å². The Morgan fingerprint density at radius 3 is 2.76 bits per heavy atom. The van der Waals surface area contributed by atoms with Crippen molar-refractivity contribution in [2.45, 2.75) is 26.2 Å². The first kappa shape index (κ1) is 13.6. The molecule has 1 aromatic carbocycles. The Morgan fingerprint density at radius 1 is 1.47 bits per heavy atom. The van der Waals surface area contributed by atoms with E-state index in [4.69, 9.17) is 5.73 Å². The van der Waals surface area contributed by atoms with Crippen molar-refractivity contribution in [1.29, 1.82) is 0 Å². The van der Waals surface area contributed by atoms with Gasteiger partial charge in [-0.1, -0.05) is 19.1 Å². The van der Waals surface area contributed by atoms with Gasteiger partial charge in [0.15, 0.2) is 0 Å². The largest absolute Gasteiger partial charge is 0.330 e. The van der Waals surface area contributed by atoms with Crippen LogP contribution in [0.3, 0.4) is 0 Å². The Morgan fingerprint density at radius 2 is 2.18 bits per heavy atom. The second-order valence-corrected chi connectivity index (χ2v) is 4.01. The van der Waals surface area contributed by atoms with Crippen molar-refractivity contribution in [1.82, 2.24) is 0 Å². The van der Waals surface area contributed by atoms with Crippen LogP contribution < -0.4 is 11.1 Å². The van der Waals surface area contributed by atoms with E-state index in [2.05, 4.69) is 5.32 Å². The van der Waals surface area contributed by atoms with Gasteiger partial charge in [0.2, 0.25) is 5.91 Å². The molecule has 17 heavy (non-hydrogen) atoms. The van der Waals surface area contributed by atoms with Crippen molar-refractivity contribution >= 4 is 11.6 Å². The average molecular weight is 238 g/mol. The van der Waals surface area contributed by atoms with Crippen molar-refractivity contribution < 1.29 is 9.18 Å². The normalized spacial score (nSPS) is 12.2. The smallest absolute Gasteiger partial charge is 0.227 e. The molecule has 1 amide bonds. The molecule has 1 aromatic rings. The summed E-state index contributed by atoms with van der Waals surface area (Å²) in [7, 11) is 0. The fraction of sp³-hybridized carbons (Fsp3) is 0.462. The summed E-state index contributed by atoms with van der Waals surface area (Å²) in [6.07, 6.45) is 2.29. The van der Waals surface area contributed by atoms with Crippen LogP contribution in [0.1, 0.15) is 26.2 Å². The molecule has 1 atom stereocenters. The molecule has 0 aliphatic heterocycles. The second kappa shape index (κ2) is 7.01. The van der Waals surface area contributed by atoms with E-state index in [1.807, 2.05) is 6.92 Å². The maximum Gasteiger partial charge on any atom is 0.227 e. The summed E-state index contributed by atoms with van der Waals surface area (Å²) in [5.74, 6) is -0.640. The third-order valence-corrected chi connectivity index (χ3v) is 2.75. The van der Waals surface area contributed by atoms with E-state index >= 15 is 0 Å². The maximum absolute atomic E-state index is 13.3. The quantitative estimate of drug-likeness (QED) is 0.800. The highest BCUT2D eigenvalue weighted by molar-refractivity contribution is 5.92. The molecule has 0 heterocycles. The minimum Gasteiger partial charge on any atom is -0.330 e. The molecule has 0 bridgehead atoms. The SMILES string of the molecule is CCC(CCCN)C(=O)Nc1ccccc1F. The van der Waals surface area contributed by atoms with Gasteiger partial charge in [-0.25, -0.2) is 4.39 Å². The van der Waals surface area contributed by atoms with Crippen molar-refractivity contribution in [3.8, 4) is 0 Å². The lowest BCUT2D eigenvalue weighted by molar-refractivity contribution is -0.120. The van der Waals surface area contributed by atoms with E-state index in [0.717, 1.165) is 19.3 Å².